The maximum absolute atomic E-state index is 12.2. The van der Waals surface area contributed by atoms with Crippen LogP contribution in [0.4, 0.5) is 0 Å². The first-order chi connectivity index (χ1) is 11.1. The standard InChI is InChI=1S/C16H22N2O5/c1-3-5-7-22-15(19)13-9-12(11-18-21)10-17-14(13)16(20)23-8-6-4-2/h9-10H,3-8,11H2,1-2H3. The number of carbonyl (C=O) groups excluding carboxylic acids is 2. The third-order valence-corrected chi connectivity index (χ3v) is 3.07. The Hall–Kier alpha value is -2.31. The largest absolute Gasteiger partial charge is 0.462 e. The predicted molar refractivity (Wildman–Crippen MR) is 84.1 cm³/mol. The van der Waals surface area contributed by atoms with E-state index in [1.165, 1.54) is 12.3 Å². The van der Waals surface area contributed by atoms with Crippen LogP contribution in [0, 0.1) is 4.91 Å². The first-order valence-corrected chi connectivity index (χ1v) is 7.76. The second kappa shape index (κ2) is 10.4. The number of rotatable bonds is 10. The molecule has 0 aliphatic carbocycles. The molecule has 7 nitrogen and oxygen atoms in total. The Morgan fingerprint density at radius 3 is 2.26 bits per heavy atom. The van der Waals surface area contributed by atoms with Gasteiger partial charge in [0.25, 0.3) is 0 Å². The van der Waals surface area contributed by atoms with Gasteiger partial charge < -0.3 is 9.47 Å². The highest BCUT2D eigenvalue weighted by atomic mass is 16.5. The summed E-state index contributed by atoms with van der Waals surface area (Å²) in [6, 6.07) is 1.40. The Kier molecular flexibility index (Phi) is 8.49. The Morgan fingerprint density at radius 1 is 1.09 bits per heavy atom. The van der Waals surface area contributed by atoms with E-state index >= 15 is 0 Å². The predicted octanol–water partition coefficient (Wildman–Crippen LogP) is 3.26. The molecule has 0 amide bonds. The van der Waals surface area contributed by atoms with Crippen LogP contribution in [-0.4, -0.2) is 30.1 Å². The van der Waals surface area contributed by atoms with Gasteiger partial charge in [0.1, 0.15) is 6.54 Å². The molecule has 0 N–H and O–H groups in total. The molecule has 7 heteroatoms. The highest BCUT2D eigenvalue weighted by Gasteiger charge is 2.22. The molecule has 1 heterocycles. The van der Waals surface area contributed by atoms with Crippen LogP contribution in [0.2, 0.25) is 0 Å². The van der Waals surface area contributed by atoms with Gasteiger partial charge in [-0.05, 0) is 24.5 Å². The van der Waals surface area contributed by atoms with Gasteiger partial charge in [-0.25, -0.2) is 14.6 Å². The molecule has 23 heavy (non-hydrogen) atoms. The molecule has 1 aromatic heterocycles. The van der Waals surface area contributed by atoms with E-state index in [4.69, 9.17) is 9.47 Å². The van der Waals surface area contributed by atoms with Crippen LogP contribution in [0.5, 0.6) is 0 Å². The van der Waals surface area contributed by atoms with E-state index in [2.05, 4.69) is 10.2 Å². The highest BCUT2D eigenvalue weighted by Crippen LogP contribution is 2.14. The van der Waals surface area contributed by atoms with Crippen LogP contribution < -0.4 is 0 Å². The zero-order valence-electron chi connectivity index (χ0n) is 13.5. The minimum absolute atomic E-state index is 0.00347. The third-order valence-electron chi connectivity index (χ3n) is 3.07. The topological polar surface area (TPSA) is 94.9 Å². The number of aromatic nitrogens is 1. The summed E-state index contributed by atoms with van der Waals surface area (Å²) in [6.45, 7) is 4.34. The Balaban J connectivity index is 2.95. The number of unbranched alkanes of at least 4 members (excludes halogenated alkanes) is 2. The van der Waals surface area contributed by atoms with Crippen molar-refractivity contribution in [1.29, 1.82) is 0 Å². The van der Waals surface area contributed by atoms with E-state index in [0.29, 0.717) is 5.56 Å². The van der Waals surface area contributed by atoms with Gasteiger partial charge in [-0.3, -0.25) is 0 Å². The van der Waals surface area contributed by atoms with Gasteiger partial charge in [0, 0.05) is 6.20 Å². The molecule has 0 spiro atoms. The van der Waals surface area contributed by atoms with Gasteiger partial charge in [-0.2, -0.15) is 4.91 Å². The number of pyridine rings is 1. The van der Waals surface area contributed by atoms with Crippen molar-refractivity contribution < 1.29 is 19.1 Å². The summed E-state index contributed by atoms with van der Waals surface area (Å²) >= 11 is 0. The Morgan fingerprint density at radius 2 is 1.70 bits per heavy atom. The fourth-order valence-electron chi connectivity index (χ4n) is 1.75. The second-order valence-electron chi connectivity index (χ2n) is 5.01. The fourth-order valence-corrected chi connectivity index (χ4v) is 1.75. The van der Waals surface area contributed by atoms with E-state index < -0.39 is 11.9 Å². The Bertz CT molecular complexity index is 545. The van der Waals surface area contributed by atoms with Crippen molar-refractivity contribution >= 4 is 11.9 Å². The fraction of sp³-hybridized carbons (Fsp3) is 0.562. The van der Waals surface area contributed by atoms with Crippen molar-refractivity contribution in [3.63, 3.8) is 0 Å². The second-order valence-corrected chi connectivity index (χ2v) is 5.01. The van der Waals surface area contributed by atoms with Gasteiger partial charge in [0.15, 0.2) is 5.69 Å². The minimum Gasteiger partial charge on any atom is -0.462 e. The average Bonchev–Trinajstić information content (AvgIpc) is 2.55. The first kappa shape index (κ1) is 18.7. The molecule has 0 aromatic carbocycles. The van der Waals surface area contributed by atoms with Crippen molar-refractivity contribution in [3.8, 4) is 0 Å². The summed E-state index contributed by atoms with van der Waals surface area (Å²) in [4.78, 5) is 38.5. The van der Waals surface area contributed by atoms with Crippen LogP contribution in [0.25, 0.3) is 0 Å². The van der Waals surface area contributed by atoms with Crippen LogP contribution >= 0.6 is 0 Å². The number of esters is 2. The first-order valence-electron chi connectivity index (χ1n) is 7.76. The lowest BCUT2D eigenvalue weighted by atomic mass is 10.1. The number of hydrogen-bond acceptors (Lipinski definition) is 7. The summed E-state index contributed by atoms with van der Waals surface area (Å²) in [7, 11) is 0. The smallest absolute Gasteiger partial charge is 0.357 e. The highest BCUT2D eigenvalue weighted by molar-refractivity contribution is 6.01. The minimum atomic E-state index is -0.675. The number of carbonyl (C=O) groups is 2. The molecule has 0 aliphatic heterocycles. The van der Waals surface area contributed by atoms with Crippen molar-refractivity contribution in [1.82, 2.24) is 4.98 Å². The quantitative estimate of drug-likeness (QED) is 0.373. The van der Waals surface area contributed by atoms with Crippen molar-refractivity contribution in [2.45, 2.75) is 46.1 Å². The van der Waals surface area contributed by atoms with E-state index in [0.717, 1.165) is 25.7 Å². The number of nitrogens with zero attached hydrogens (tertiary/aromatic N) is 2. The van der Waals surface area contributed by atoms with E-state index in [1.54, 1.807) is 0 Å². The SMILES string of the molecule is CCCCOC(=O)c1cc(CN=O)cnc1C(=O)OCCCC. The molecule has 0 aliphatic rings. The summed E-state index contributed by atoms with van der Waals surface area (Å²) in [5.41, 5.74) is 0.341. The summed E-state index contributed by atoms with van der Waals surface area (Å²) in [5.74, 6) is -1.33. The van der Waals surface area contributed by atoms with Crippen LogP contribution in [0.1, 0.15) is 65.9 Å². The monoisotopic (exact) mass is 322 g/mol. The maximum Gasteiger partial charge on any atom is 0.357 e. The summed E-state index contributed by atoms with van der Waals surface area (Å²) in [6.07, 6.45) is 4.56. The molecule has 1 aromatic rings. The van der Waals surface area contributed by atoms with Gasteiger partial charge in [0.05, 0.1) is 18.8 Å². The van der Waals surface area contributed by atoms with E-state index in [1.807, 2.05) is 13.8 Å². The molecular weight excluding hydrogens is 300 g/mol. The lowest BCUT2D eigenvalue weighted by Gasteiger charge is -2.10. The average molecular weight is 322 g/mol. The van der Waals surface area contributed by atoms with Crippen molar-refractivity contribution in [2.24, 2.45) is 5.18 Å². The number of nitroso groups, excluding NO2 is 1. The lowest BCUT2D eigenvalue weighted by molar-refractivity contribution is 0.0446. The van der Waals surface area contributed by atoms with Gasteiger partial charge in [-0.15, -0.1) is 0 Å². The van der Waals surface area contributed by atoms with Crippen LogP contribution in [-0.2, 0) is 16.0 Å². The van der Waals surface area contributed by atoms with Crippen molar-refractivity contribution in [2.75, 3.05) is 13.2 Å². The van der Waals surface area contributed by atoms with Gasteiger partial charge in [0.2, 0.25) is 0 Å². The molecular formula is C16H22N2O5. The molecule has 0 saturated carbocycles. The summed E-state index contributed by atoms with van der Waals surface area (Å²) in [5, 5.41) is 2.76. The third kappa shape index (κ3) is 6.14. The van der Waals surface area contributed by atoms with Gasteiger partial charge >= 0.3 is 11.9 Å². The maximum atomic E-state index is 12.2. The zero-order valence-corrected chi connectivity index (χ0v) is 13.5. The van der Waals surface area contributed by atoms with Crippen molar-refractivity contribution in [3.05, 3.63) is 34.0 Å². The molecule has 0 bridgehead atoms. The molecule has 0 atom stereocenters. The van der Waals surface area contributed by atoms with Crippen LogP contribution in [0.3, 0.4) is 0 Å². The molecule has 126 valence electrons. The lowest BCUT2D eigenvalue weighted by Crippen LogP contribution is -2.17. The molecule has 1 rings (SSSR count). The molecule has 0 fully saturated rings. The molecule has 0 unspecified atom stereocenters. The normalized spacial score (nSPS) is 10.2. The van der Waals surface area contributed by atoms with E-state index in [-0.39, 0.29) is 31.0 Å². The Labute approximate surface area is 135 Å². The number of hydrogen-bond donors (Lipinski definition) is 0. The van der Waals surface area contributed by atoms with Gasteiger partial charge in [-0.1, -0.05) is 31.9 Å². The summed E-state index contributed by atoms with van der Waals surface area (Å²) < 4.78 is 10.2. The molecule has 0 saturated heterocycles. The zero-order chi connectivity index (χ0) is 17.1. The van der Waals surface area contributed by atoms with Crippen LogP contribution in [0.15, 0.2) is 17.4 Å². The van der Waals surface area contributed by atoms with E-state index in [9.17, 15) is 14.5 Å². The molecule has 0 radical (unpaired) electrons. The number of ether oxygens (including phenoxy) is 2.